The molecule has 3 nitrogen and oxygen atoms in total. The summed E-state index contributed by atoms with van der Waals surface area (Å²) in [6, 6.07) is 16.0. The second-order valence-corrected chi connectivity index (χ2v) is 6.20. The molecule has 1 unspecified atom stereocenters. The first-order chi connectivity index (χ1) is 10.7. The largest absolute Gasteiger partial charge is 0.329 e. The van der Waals surface area contributed by atoms with Gasteiger partial charge in [-0.1, -0.05) is 43.3 Å². The molecule has 1 heterocycles. The monoisotopic (exact) mass is 294 g/mol. The predicted octanol–water partition coefficient (Wildman–Crippen LogP) is 3.40. The SMILES string of the molecule is CC(CC(=O)N=c1ccccn1Cc1ccccc1)C1CC1. The number of hydrogen-bond donors (Lipinski definition) is 0. The molecule has 1 aromatic carbocycles. The summed E-state index contributed by atoms with van der Waals surface area (Å²) in [5, 5.41) is 0. The van der Waals surface area contributed by atoms with E-state index >= 15 is 0 Å². The van der Waals surface area contributed by atoms with Gasteiger partial charge in [-0.3, -0.25) is 4.79 Å². The molecule has 3 rings (SSSR count). The molecular weight excluding hydrogens is 272 g/mol. The van der Waals surface area contributed by atoms with E-state index in [1.54, 1.807) is 0 Å². The number of carbonyl (C=O) groups excluding carboxylic acids is 1. The van der Waals surface area contributed by atoms with Crippen molar-refractivity contribution in [2.45, 2.75) is 32.7 Å². The fourth-order valence-electron chi connectivity index (χ4n) is 2.76. The van der Waals surface area contributed by atoms with Crippen molar-refractivity contribution in [3.8, 4) is 0 Å². The highest BCUT2D eigenvalue weighted by Crippen LogP contribution is 2.38. The van der Waals surface area contributed by atoms with Crippen molar-refractivity contribution in [1.29, 1.82) is 0 Å². The van der Waals surface area contributed by atoms with Gasteiger partial charge in [0.1, 0.15) is 5.49 Å². The van der Waals surface area contributed by atoms with Crippen molar-refractivity contribution in [2.75, 3.05) is 0 Å². The van der Waals surface area contributed by atoms with Crippen LogP contribution in [0.4, 0.5) is 0 Å². The van der Waals surface area contributed by atoms with Crippen molar-refractivity contribution in [1.82, 2.24) is 4.57 Å². The molecule has 22 heavy (non-hydrogen) atoms. The highest BCUT2D eigenvalue weighted by molar-refractivity contribution is 5.77. The van der Waals surface area contributed by atoms with E-state index < -0.39 is 0 Å². The molecule has 1 atom stereocenters. The third-order valence-electron chi connectivity index (χ3n) is 4.28. The first-order valence-corrected chi connectivity index (χ1v) is 7.99. The number of carbonyl (C=O) groups is 1. The summed E-state index contributed by atoms with van der Waals surface area (Å²) in [4.78, 5) is 16.5. The van der Waals surface area contributed by atoms with Crippen molar-refractivity contribution >= 4 is 5.91 Å². The van der Waals surface area contributed by atoms with Gasteiger partial charge < -0.3 is 4.57 Å². The van der Waals surface area contributed by atoms with Crippen LogP contribution in [-0.4, -0.2) is 10.5 Å². The van der Waals surface area contributed by atoms with Crippen LogP contribution in [0.5, 0.6) is 0 Å². The summed E-state index contributed by atoms with van der Waals surface area (Å²) in [5.74, 6) is 1.20. The standard InChI is InChI=1S/C19H22N2O/c1-15(17-10-11-17)13-19(22)20-18-9-5-6-12-21(18)14-16-7-3-2-4-8-16/h2-9,12,15,17H,10-11,13-14H2,1H3. The van der Waals surface area contributed by atoms with Gasteiger partial charge in [-0.05, 0) is 42.4 Å². The Morgan fingerprint density at radius 2 is 1.91 bits per heavy atom. The molecule has 114 valence electrons. The first-order valence-electron chi connectivity index (χ1n) is 7.99. The molecule has 1 aliphatic carbocycles. The van der Waals surface area contributed by atoms with E-state index in [0.29, 0.717) is 12.3 Å². The van der Waals surface area contributed by atoms with E-state index in [1.165, 1.54) is 18.4 Å². The average Bonchev–Trinajstić information content (AvgIpc) is 3.35. The van der Waals surface area contributed by atoms with Crippen molar-refractivity contribution in [3.63, 3.8) is 0 Å². The van der Waals surface area contributed by atoms with Gasteiger partial charge in [-0.2, -0.15) is 4.99 Å². The zero-order valence-electron chi connectivity index (χ0n) is 13.0. The minimum atomic E-state index is -0.00703. The van der Waals surface area contributed by atoms with Gasteiger partial charge >= 0.3 is 0 Å². The van der Waals surface area contributed by atoms with Crippen LogP contribution in [0, 0.1) is 11.8 Å². The minimum absolute atomic E-state index is 0.00703. The van der Waals surface area contributed by atoms with Crippen LogP contribution in [0.2, 0.25) is 0 Å². The van der Waals surface area contributed by atoms with Gasteiger partial charge in [-0.25, -0.2) is 0 Å². The van der Waals surface area contributed by atoms with Crippen LogP contribution in [-0.2, 0) is 11.3 Å². The molecule has 0 saturated heterocycles. The second-order valence-electron chi connectivity index (χ2n) is 6.20. The topological polar surface area (TPSA) is 34.4 Å². The average molecular weight is 294 g/mol. The molecular formula is C19H22N2O. The molecule has 1 fully saturated rings. The molecule has 0 radical (unpaired) electrons. The lowest BCUT2D eigenvalue weighted by atomic mass is 10.0. The number of hydrogen-bond acceptors (Lipinski definition) is 1. The molecule has 1 aromatic heterocycles. The molecule has 1 saturated carbocycles. The Bertz CT molecular complexity index is 699. The number of pyridine rings is 1. The molecule has 1 aliphatic rings. The van der Waals surface area contributed by atoms with E-state index in [0.717, 1.165) is 18.0 Å². The highest BCUT2D eigenvalue weighted by atomic mass is 16.1. The van der Waals surface area contributed by atoms with Gasteiger partial charge in [-0.15, -0.1) is 0 Å². The number of benzene rings is 1. The smallest absolute Gasteiger partial charge is 0.247 e. The van der Waals surface area contributed by atoms with Gasteiger partial charge in [0.2, 0.25) is 5.91 Å². The lowest BCUT2D eigenvalue weighted by molar-refractivity contribution is -0.119. The molecule has 1 amide bonds. The summed E-state index contributed by atoms with van der Waals surface area (Å²) in [7, 11) is 0. The Balaban J connectivity index is 1.77. The molecule has 3 heteroatoms. The number of rotatable bonds is 5. The van der Waals surface area contributed by atoms with Gasteiger partial charge in [0.25, 0.3) is 0 Å². The van der Waals surface area contributed by atoms with Gasteiger partial charge in [0.15, 0.2) is 0 Å². The summed E-state index contributed by atoms with van der Waals surface area (Å²) >= 11 is 0. The quantitative estimate of drug-likeness (QED) is 0.832. The Labute approximate surface area is 131 Å². The second kappa shape index (κ2) is 6.73. The van der Waals surface area contributed by atoms with Gasteiger partial charge in [0, 0.05) is 19.2 Å². The van der Waals surface area contributed by atoms with E-state index in [4.69, 9.17) is 0 Å². The fourth-order valence-corrected chi connectivity index (χ4v) is 2.76. The van der Waals surface area contributed by atoms with Crippen molar-refractivity contribution in [2.24, 2.45) is 16.8 Å². The summed E-state index contributed by atoms with van der Waals surface area (Å²) in [6.07, 6.45) is 5.08. The normalized spacial score (nSPS) is 16.5. The maximum Gasteiger partial charge on any atom is 0.247 e. The molecule has 0 bridgehead atoms. The number of aromatic nitrogens is 1. The Morgan fingerprint density at radius 3 is 2.64 bits per heavy atom. The molecule has 0 spiro atoms. The van der Waals surface area contributed by atoms with Crippen LogP contribution >= 0.6 is 0 Å². The van der Waals surface area contributed by atoms with E-state index in [1.807, 2.05) is 47.2 Å². The van der Waals surface area contributed by atoms with Crippen LogP contribution < -0.4 is 5.49 Å². The lowest BCUT2D eigenvalue weighted by Gasteiger charge is -2.08. The zero-order valence-corrected chi connectivity index (χ0v) is 13.0. The van der Waals surface area contributed by atoms with Crippen LogP contribution in [0.15, 0.2) is 59.7 Å². The third kappa shape index (κ3) is 3.94. The molecule has 0 aliphatic heterocycles. The Hall–Kier alpha value is -2.16. The van der Waals surface area contributed by atoms with Crippen LogP contribution in [0.3, 0.4) is 0 Å². The summed E-state index contributed by atoms with van der Waals surface area (Å²) in [5.41, 5.74) is 1.94. The van der Waals surface area contributed by atoms with E-state index in [9.17, 15) is 4.79 Å². The molecule has 2 aromatic rings. The van der Waals surface area contributed by atoms with Gasteiger partial charge in [0.05, 0.1) is 0 Å². The minimum Gasteiger partial charge on any atom is -0.329 e. The first kappa shape index (κ1) is 14.8. The Morgan fingerprint density at radius 1 is 1.18 bits per heavy atom. The van der Waals surface area contributed by atoms with Crippen molar-refractivity contribution in [3.05, 3.63) is 65.8 Å². The summed E-state index contributed by atoms with van der Waals surface area (Å²) < 4.78 is 2.02. The number of nitrogens with zero attached hydrogens (tertiary/aromatic N) is 2. The maximum atomic E-state index is 12.2. The summed E-state index contributed by atoms with van der Waals surface area (Å²) in [6.45, 7) is 2.89. The maximum absolute atomic E-state index is 12.2. The van der Waals surface area contributed by atoms with E-state index in [-0.39, 0.29) is 5.91 Å². The number of amides is 1. The zero-order chi connectivity index (χ0) is 15.4. The predicted molar refractivity (Wildman–Crippen MR) is 87.1 cm³/mol. The van der Waals surface area contributed by atoms with Crippen molar-refractivity contribution < 1.29 is 4.79 Å². The van der Waals surface area contributed by atoms with E-state index in [2.05, 4.69) is 24.0 Å². The van der Waals surface area contributed by atoms with Crippen LogP contribution in [0.1, 0.15) is 31.7 Å². The molecule has 0 N–H and O–H groups in total. The highest BCUT2D eigenvalue weighted by Gasteiger charge is 2.29. The lowest BCUT2D eigenvalue weighted by Crippen LogP contribution is -2.22. The Kier molecular flexibility index (Phi) is 4.52. The third-order valence-corrected chi connectivity index (χ3v) is 4.28. The fraction of sp³-hybridized carbons (Fsp3) is 0.368. The van der Waals surface area contributed by atoms with Crippen LogP contribution in [0.25, 0.3) is 0 Å².